The van der Waals surface area contributed by atoms with Gasteiger partial charge in [-0.05, 0) is 38.5 Å². The molecule has 1 aromatic carbocycles. The highest BCUT2D eigenvalue weighted by Gasteiger charge is 2.21. The molecule has 0 bridgehead atoms. The normalized spacial score (nSPS) is 11.4. The van der Waals surface area contributed by atoms with Crippen molar-refractivity contribution in [1.82, 2.24) is 10.2 Å². The molecule has 0 radical (unpaired) electrons. The van der Waals surface area contributed by atoms with Gasteiger partial charge < -0.3 is 5.11 Å². The topological polar surface area (TPSA) is 112 Å². The molecular weight excluding hydrogens is 294 g/mol. The fourth-order valence-corrected chi connectivity index (χ4v) is 3.13. The van der Waals surface area contributed by atoms with Crippen molar-refractivity contribution in [2.24, 2.45) is 0 Å². The van der Waals surface area contributed by atoms with Crippen molar-refractivity contribution in [3.8, 4) is 0 Å². The maximum Gasteiger partial charge on any atom is 0.335 e. The number of H-pyrrole nitrogens is 1. The number of nitrogens with one attached hydrogen (secondary N) is 2. The first kappa shape index (κ1) is 15.0. The molecule has 0 aliphatic rings. The minimum absolute atomic E-state index is 0.0811. The smallest absolute Gasteiger partial charge is 0.335 e. The summed E-state index contributed by atoms with van der Waals surface area (Å²) in [6.45, 7) is 5.11. The number of sulfonamides is 1. The lowest BCUT2D eigenvalue weighted by Crippen LogP contribution is -2.16. The van der Waals surface area contributed by atoms with Gasteiger partial charge in [-0.25, -0.2) is 13.2 Å². The van der Waals surface area contributed by atoms with Gasteiger partial charge in [-0.2, -0.15) is 5.10 Å². The van der Waals surface area contributed by atoms with E-state index in [0.29, 0.717) is 11.1 Å². The maximum absolute atomic E-state index is 12.4. The van der Waals surface area contributed by atoms with E-state index in [-0.39, 0.29) is 16.3 Å². The van der Waals surface area contributed by atoms with Crippen LogP contribution in [-0.4, -0.2) is 29.7 Å². The van der Waals surface area contributed by atoms with Crippen molar-refractivity contribution in [2.45, 2.75) is 25.7 Å². The van der Waals surface area contributed by atoms with Gasteiger partial charge in [0.1, 0.15) is 0 Å². The number of hydrogen-bond donors (Lipinski definition) is 3. The zero-order chi connectivity index (χ0) is 15.8. The summed E-state index contributed by atoms with van der Waals surface area (Å²) in [5.74, 6) is -0.981. The predicted octanol–water partition coefficient (Wildman–Crippen LogP) is 1.83. The van der Waals surface area contributed by atoms with Crippen molar-refractivity contribution < 1.29 is 18.3 Å². The minimum Gasteiger partial charge on any atom is -0.478 e. The Morgan fingerprint density at radius 3 is 2.48 bits per heavy atom. The number of hydrogen-bond acceptors (Lipinski definition) is 4. The van der Waals surface area contributed by atoms with E-state index in [1.54, 1.807) is 20.8 Å². The number of nitrogens with zero attached hydrogens (tertiary/aromatic N) is 1. The number of carbonyl (C=O) groups is 1. The second kappa shape index (κ2) is 5.21. The Morgan fingerprint density at radius 2 is 1.95 bits per heavy atom. The van der Waals surface area contributed by atoms with Crippen LogP contribution in [0.5, 0.6) is 0 Å². The first-order chi connectivity index (χ1) is 9.72. The first-order valence-electron chi connectivity index (χ1n) is 6.10. The van der Waals surface area contributed by atoms with E-state index in [1.165, 1.54) is 12.1 Å². The van der Waals surface area contributed by atoms with Gasteiger partial charge in [0.05, 0.1) is 10.5 Å². The second-order valence-corrected chi connectivity index (χ2v) is 6.36. The monoisotopic (exact) mass is 309 g/mol. The summed E-state index contributed by atoms with van der Waals surface area (Å²) < 4.78 is 27.2. The van der Waals surface area contributed by atoms with Crippen LogP contribution in [-0.2, 0) is 10.0 Å². The van der Waals surface area contributed by atoms with Crippen LogP contribution in [0.1, 0.15) is 27.2 Å². The van der Waals surface area contributed by atoms with Gasteiger partial charge in [0, 0.05) is 11.3 Å². The van der Waals surface area contributed by atoms with Crippen molar-refractivity contribution in [1.29, 1.82) is 0 Å². The van der Waals surface area contributed by atoms with Crippen LogP contribution in [0.2, 0.25) is 0 Å². The molecule has 8 heteroatoms. The van der Waals surface area contributed by atoms with Crippen molar-refractivity contribution in [2.75, 3.05) is 4.72 Å². The van der Waals surface area contributed by atoms with Gasteiger partial charge in [0.2, 0.25) is 0 Å². The molecule has 0 unspecified atom stereocenters. The summed E-state index contributed by atoms with van der Waals surface area (Å²) in [6.07, 6.45) is 0. The molecule has 21 heavy (non-hydrogen) atoms. The molecule has 0 atom stereocenters. The van der Waals surface area contributed by atoms with Gasteiger partial charge in [0.15, 0.2) is 5.82 Å². The van der Waals surface area contributed by atoms with Gasteiger partial charge in [-0.1, -0.05) is 6.07 Å². The maximum atomic E-state index is 12.4. The molecule has 2 aromatic rings. The average Bonchev–Trinajstić information content (AvgIpc) is 2.70. The van der Waals surface area contributed by atoms with Crippen molar-refractivity contribution in [3.05, 3.63) is 40.6 Å². The SMILES string of the molecule is Cc1ccc(C(=O)O)cc1S(=O)(=O)Nc1n[nH]c(C)c1C. The van der Waals surface area contributed by atoms with E-state index in [2.05, 4.69) is 14.9 Å². The van der Waals surface area contributed by atoms with Crippen LogP contribution < -0.4 is 4.72 Å². The van der Waals surface area contributed by atoms with Gasteiger partial charge in [-0.15, -0.1) is 0 Å². The number of aromatic carboxylic acids is 1. The molecular formula is C13H15N3O4S. The quantitative estimate of drug-likeness (QED) is 0.797. The molecule has 1 aromatic heterocycles. The highest BCUT2D eigenvalue weighted by atomic mass is 32.2. The van der Waals surface area contributed by atoms with Gasteiger partial charge in [-0.3, -0.25) is 9.82 Å². The molecule has 0 amide bonds. The van der Waals surface area contributed by atoms with E-state index in [0.717, 1.165) is 11.8 Å². The molecule has 112 valence electrons. The summed E-state index contributed by atoms with van der Waals surface area (Å²) in [5.41, 5.74) is 1.81. The molecule has 0 saturated heterocycles. The van der Waals surface area contributed by atoms with Gasteiger partial charge in [0.25, 0.3) is 10.0 Å². The number of aromatic amines is 1. The Hall–Kier alpha value is -2.35. The van der Waals surface area contributed by atoms with Crippen LogP contribution >= 0.6 is 0 Å². The molecule has 0 aliphatic heterocycles. The summed E-state index contributed by atoms with van der Waals surface area (Å²) in [6, 6.07) is 3.95. The Balaban J connectivity index is 2.47. The van der Waals surface area contributed by atoms with Crippen LogP contribution in [0.3, 0.4) is 0 Å². The Morgan fingerprint density at radius 1 is 1.29 bits per heavy atom. The summed E-state index contributed by atoms with van der Waals surface area (Å²) in [7, 11) is -3.91. The minimum atomic E-state index is -3.91. The lowest BCUT2D eigenvalue weighted by molar-refractivity contribution is 0.0696. The third-order valence-corrected chi connectivity index (χ3v) is 4.69. The third-order valence-electron chi connectivity index (χ3n) is 3.21. The summed E-state index contributed by atoms with van der Waals surface area (Å²) in [4.78, 5) is 10.9. The number of carboxylic acid groups (broad SMARTS) is 1. The number of aryl methyl sites for hydroxylation is 2. The second-order valence-electron chi connectivity index (χ2n) is 4.71. The first-order valence-corrected chi connectivity index (χ1v) is 7.59. The average molecular weight is 309 g/mol. The summed E-state index contributed by atoms with van der Waals surface area (Å²) >= 11 is 0. The summed E-state index contributed by atoms with van der Waals surface area (Å²) in [5, 5.41) is 15.5. The van der Waals surface area contributed by atoms with Crippen molar-refractivity contribution in [3.63, 3.8) is 0 Å². The fraction of sp³-hybridized carbons (Fsp3) is 0.231. The van der Waals surface area contributed by atoms with E-state index in [9.17, 15) is 13.2 Å². The zero-order valence-corrected chi connectivity index (χ0v) is 12.6. The molecule has 0 fully saturated rings. The lowest BCUT2D eigenvalue weighted by Gasteiger charge is -2.10. The molecule has 0 saturated carbocycles. The predicted molar refractivity (Wildman–Crippen MR) is 77.0 cm³/mol. The standard InChI is InChI=1S/C13H15N3O4S/c1-7-4-5-10(13(17)18)6-11(7)21(19,20)16-12-8(2)9(3)14-15-12/h4-6H,1-3H3,(H,17,18)(H2,14,15,16). The van der Waals surface area contributed by atoms with E-state index in [4.69, 9.17) is 5.11 Å². The number of anilines is 1. The Labute approximate surface area is 122 Å². The number of rotatable bonds is 4. The van der Waals surface area contributed by atoms with Crippen LogP contribution in [0, 0.1) is 20.8 Å². The Kier molecular flexibility index (Phi) is 3.73. The van der Waals surface area contributed by atoms with Crippen molar-refractivity contribution >= 4 is 21.8 Å². The van der Waals surface area contributed by atoms with Crippen LogP contribution in [0.4, 0.5) is 5.82 Å². The van der Waals surface area contributed by atoms with E-state index < -0.39 is 16.0 Å². The lowest BCUT2D eigenvalue weighted by atomic mass is 10.1. The number of benzene rings is 1. The largest absolute Gasteiger partial charge is 0.478 e. The molecule has 0 aliphatic carbocycles. The van der Waals surface area contributed by atoms with Crippen LogP contribution in [0.25, 0.3) is 0 Å². The molecule has 0 spiro atoms. The molecule has 2 rings (SSSR count). The number of aromatic nitrogens is 2. The molecule has 7 nitrogen and oxygen atoms in total. The fourth-order valence-electron chi connectivity index (χ4n) is 1.79. The third kappa shape index (κ3) is 2.89. The zero-order valence-electron chi connectivity index (χ0n) is 11.8. The van der Waals surface area contributed by atoms with E-state index in [1.807, 2.05) is 0 Å². The highest BCUT2D eigenvalue weighted by molar-refractivity contribution is 7.92. The number of carboxylic acids is 1. The van der Waals surface area contributed by atoms with Gasteiger partial charge >= 0.3 is 5.97 Å². The van der Waals surface area contributed by atoms with Crippen LogP contribution in [0.15, 0.2) is 23.1 Å². The molecule has 3 N–H and O–H groups in total. The highest BCUT2D eigenvalue weighted by Crippen LogP contribution is 2.22. The molecule has 1 heterocycles. The van der Waals surface area contributed by atoms with E-state index >= 15 is 0 Å². The Bertz CT molecular complexity index is 809.